The fourth-order valence-corrected chi connectivity index (χ4v) is 8.85. The van der Waals surface area contributed by atoms with Gasteiger partial charge in [0, 0.05) is 22.7 Å². The van der Waals surface area contributed by atoms with E-state index in [1.807, 2.05) is 13.8 Å². The first-order valence-electron chi connectivity index (χ1n) is 10.6. The van der Waals surface area contributed by atoms with E-state index in [-0.39, 0.29) is 41.1 Å². The van der Waals surface area contributed by atoms with Crippen LogP contribution in [0.25, 0.3) is 0 Å². The number of esters is 1. The molecule has 2 bridgehead atoms. The van der Waals surface area contributed by atoms with Crippen LogP contribution in [0.15, 0.2) is 25.3 Å². The van der Waals surface area contributed by atoms with E-state index in [0.29, 0.717) is 13.0 Å². The molecular formula is C22H31BrN2O5S. The number of alkyl halides is 1. The van der Waals surface area contributed by atoms with E-state index in [1.54, 1.807) is 29.7 Å². The van der Waals surface area contributed by atoms with Gasteiger partial charge in [0.15, 0.2) is 0 Å². The number of rotatable bonds is 9. The van der Waals surface area contributed by atoms with Gasteiger partial charge in [0.1, 0.15) is 12.6 Å². The van der Waals surface area contributed by atoms with Crippen LogP contribution in [-0.4, -0.2) is 85.4 Å². The molecular weight excluding hydrogens is 484 g/mol. The Morgan fingerprint density at radius 3 is 2.61 bits per heavy atom. The number of likely N-dealkylation sites (tertiary alicyclic amines) is 1. The molecule has 0 aromatic carbocycles. The average molecular weight is 515 g/mol. The van der Waals surface area contributed by atoms with Crippen LogP contribution >= 0.6 is 27.7 Å². The lowest BCUT2D eigenvalue weighted by Crippen LogP contribution is -2.58. The summed E-state index contributed by atoms with van der Waals surface area (Å²) in [6.07, 6.45) is 3.76. The van der Waals surface area contributed by atoms with Gasteiger partial charge in [-0.25, -0.2) is 0 Å². The van der Waals surface area contributed by atoms with Gasteiger partial charge >= 0.3 is 5.97 Å². The van der Waals surface area contributed by atoms with Gasteiger partial charge in [0.25, 0.3) is 0 Å². The number of halogens is 1. The molecule has 0 aromatic rings. The Bertz CT molecular complexity index is 777. The van der Waals surface area contributed by atoms with Gasteiger partial charge in [0.2, 0.25) is 11.8 Å². The summed E-state index contributed by atoms with van der Waals surface area (Å²) in [7, 11) is 0. The van der Waals surface area contributed by atoms with Crippen molar-refractivity contribution in [3.8, 4) is 0 Å². The monoisotopic (exact) mass is 514 g/mol. The van der Waals surface area contributed by atoms with Crippen molar-refractivity contribution in [3.05, 3.63) is 25.3 Å². The molecule has 3 fully saturated rings. The van der Waals surface area contributed by atoms with E-state index in [4.69, 9.17) is 4.74 Å². The highest BCUT2D eigenvalue weighted by Gasteiger charge is 2.76. The molecule has 3 unspecified atom stereocenters. The van der Waals surface area contributed by atoms with Gasteiger partial charge < -0.3 is 19.6 Å². The summed E-state index contributed by atoms with van der Waals surface area (Å²) in [5.41, 5.74) is 0. The maximum atomic E-state index is 13.9. The summed E-state index contributed by atoms with van der Waals surface area (Å²) in [6.45, 7) is 13.1. The summed E-state index contributed by atoms with van der Waals surface area (Å²) in [5, 5.41) is 9.73. The number of thioether (sulfide) groups is 1. The van der Waals surface area contributed by atoms with Crippen molar-refractivity contribution in [1.29, 1.82) is 0 Å². The molecule has 9 heteroatoms. The Kier molecular flexibility index (Phi) is 7.28. The summed E-state index contributed by atoms with van der Waals surface area (Å²) >= 11 is 5.26. The molecule has 0 aliphatic carbocycles. The molecule has 0 saturated carbocycles. The highest BCUT2D eigenvalue weighted by atomic mass is 79.9. The van der Waals surface area contributed by atoms with Crippen molar-refractivity contribution in [3.63, 3.8) is 0 Å². The number of fused-ring (bicyclic) bond motifs is 1. The zero-order valence-electron chi connectivity index (χ0n) is 18.2. The number of amides is 2. The van der Waals surface area contributed by atoms with E-state index in [2.05, 4.69) is 29.1 Å². The van der Waals surface area contributed by atoms with Crippen LogP contribution in [0, 0.1) is 11.8 Å². The van der Waals surface area contributed by atoms with Crippen molar-refractivity contribution >= 4 is 45.5 Å². The summed E-state index contributed by atoms with van der Waals surface area (Å²) in [6, 6.07) is -1.39. The summed E-state index contributed by atoms with van der Waals surface area (Å²) in [5.74, 6) is -2.16. The summed E-state index contributed by atoms with van der Waals surface area (Å²) < 4.78 is 4.60. The highest BCUT2D eigenvalue weighted by Crippen LogP contribution is 2.68. The fraction of sp³-hybridized carbons (Fsp3) is 0.682. The smallest absolute Gasteiger partial charge is 0.311 e. The first-order chi connectivity index (χ1) is 14.7. The molecule has 7 atom stereocenters. The van der Waals surface area contributed by atoms with E-state index in [1.165, 1.54) is 11.0 Å². The van der Waals surface area contributed by atoms with Gasteiger partial charge in [0.05, 0.1) is 29.2 Å². The minimum Gasteiger partial charge on any atom is -0.461 e. The second kappa shape index (κ2) is 9.27. The second-order valence-corrected chi connectivity index (χ2v) is 11.4. The van der Waals surface area contributed by atoms with Gasteiger partial charge in [-0.1, -0.05) is 34.7 Å². The van der Waals surface area contributed by atoms with Gasteiger partial charge in [-0.15, -0.1) is 18.3 Å². The molecule has 2 amide bonds. The van der Waals surface area contributed by atoms with Crippen LogP contribution in [-0.2, 0) is 19.1 Å². The van der Waals surface area contributed by atoms with Crippen molar-refractivity contribution < 1.29 is 24.2 Å². The van der Waals surface area contributed by atoms with Crippen LogP contribution < -0.4 is 0 Å². The number of aliphatic hydroxyl groups excluding tert-OH is 1. The Morgan fingerprint density at radius 2 is 2.06 bits per heavy atom. The third-order valence-corrected chi connectivity index (χ3v) is 9.77. The largest absolute Gasteiger partial charge is 0.461 e. The topological polar surface area (TPSA) is 87.1 Å². The quantitative estimate of drug-likeness (QED) is 0.287. The molecule has 0 radical (unpaired) electrons. The molecule has 31 heavy (non-hydrogen) atoms. The number of hydrogen-bond acceptors (Lipinski definition) is 6. The average Bonchev–Trinajstić information content (AvgIpc) is 3.32. The molecule has 3 heterocycles. The zero-order valence-corrected chi connectivity index (χ0v) is 20.6. The third-order valence-electron chi connectivity index (χ3n) is 6.55. The van der Waals surface area contributed by atoms with Crippen molar-refractivity contribution in [2.75, 3.05) is 19.8 Å². The molecule has 3 aliphatic rings. The number of carbonyl (C=O) groups excluding carboxylic acids is 3. The molecule has 172 valence electrons. The lowest BCUT2D eigenvalue weighted by molar-refractivity contribution is -0.153. The lowest BCUT2D eigenvalue weighted by Gasteiger charge is -2.40. The Morgan fingerprint density at radius 1 is 1.39 bits per heavy atom. The van der Waals surface area contributed by atoms with Crippen LogP contribution in [0.2, 0.25) is 0 Å². The van der Waals surface area contributed by atoms with E-state index >= 15 is 0 Å². The number of ether oxygens (including phenoxy) is 1. The van der Waals surface area contributed by atoms with E-state index in [9.17, 15) is 19.5 Å². The van der Waals surface area contributed by atoms with Crippen LogP contribution in [0.1, 0.15) is 27.2 Å². The maximum absolute atomic E-state index is 13.9. The molecule has 3 saturated heterocycles. The van der Waals surface area contributed by atoms with Crippen molar-refractivity contribution in [1.82, 2.24) is 9.80 Å². The second-order valence-electron chi connectivity index (χ2n) is 8.73. The third kappa shape index (κ3) is 3.76. The normalized spacial score (nSPS) is 34.6. The predicted octanol–water partition coefficient (Wildman–Crippen LogP) is 1.98. The SMILES string of the molecule is C=CCOC(=O)[C@H]1[C@H]2C(=O)N([C@H](C)CO)C(C(=O)N(CC=C)C(C)C)C23CC(Br)[C@@H]1S3. The highest BCUT2D eigenvalue weighted by molar-refractivity contribution is 9.09. The van der Waals surface area contributed by atoms with Crippen LogP contribution in [0.4, 0.5) is 0 Å². The molecule has 0 aromatic heterocycles. The first kappa shape index (κ1) is 24.3. The zero-order chi connectivity index (χ0) is 23.1. The number of carbonyl (C=O) groups is 3. The van der Waals surface area contributed by atoms with Crippen LogP contribution in [0.5, 0.6) is 0 Å². The van der Waals surface area contributed by atoms with E-state index < -0.39 is 34.6 Å². The Labute approximate surface area is 196 Å². The molecule has 3 aliphatic heterocycles. The Balaban J connectivity index is 2.09. The Hall–Kier alpha value is -1.32. The van der Waals surface area contributed by atoms with Crippen molar-refractivity contribution in [2.45, 2.75) is 60.1 Å². The number of aliphatic hydroxyl groups is 1. The maximum Gasteiger partial charge on any atom is 0.311 e. The standard InChI is InChI=1S/C22H31BrN2O5S/c1-6-8-24(12(3)4)20(28)18-22-10-14(23)17(31-22)15(21(29)30-9-7-2)16(22)19(27)25(18)13(5)11-26/h6-7,12-18,26H,1-2,8-11H2,3-5H3/t13-,14?,15+,16+,17+,18?,22?/m1/s1. The summed E-state index contributed by atoms with van der Waals surface area (Å²) in [4.78, 5) is 43.7. The molecule has 7 nitrogen and oxygen atoms in total. The fourth-order valence-electron chi connectivity index (χ4n) is 5.27. The van der Waals surface area contributed by atoms with E-state index in [0.717, 1.165) is 0 Å². The van der Waals surface area contributed by atoms with Crippen LogP contribution in [0.3, 0.4) is 0 Å². The van der Waals surface area contributed by atoms with Gasteiger partial charge in [-0.3, -0.25) is 14.4 Å². The number of nitrogens with zero attached hydrogens (tertiary/aromatic N) is 2. The predicted molar refractivity (Wildman–Crippen MR) is 124 cm³/mol. The lowest BCUT2D eigenvalue weighted by atomic mass is 9.71. The molecule has 3 rings (SSSR count). The molecule has 1 N–H and O–H groups in total. The molecule has 1 spiro atoms. The van der Waals surface area contributed by atoms with Gasteiger partial charge in [-0.05, 0) is 27.2 Å². The van der Waals surface area contributed by atoms with Gasteiger partial charge in [-0.2, -0.15) is 0 Å². The minimum absolute atomic E-state index is 0.0191. The number of hydrogen-bond donors (Lipinski definition) is 1. The van der Waals surface area contributed by atoms with Crippen molar-refractivity contribution in [2.24, 2.45) is 11.8 Å². The first-order valence-corrected chi connectivity index (χ1v) is 12.4. The minimum atomic E-state index is -0.762.